The molecule has 1 saturated carbocycles. The molecule has 2 rings (SSSR count). The molecule has 0 aromatic heterocycles. The molecule has 1 aromatic rings. The molecule has 16 heavy (non-hydrogen) atoms. The molecular weight excluding hydrogens is 229 g/mol. The van der Waals surface area contributed by atoms with Crippen molar-refractivity contribution < 1.29 is 9.50 Å². The lowest BCUT2D eigenvalue weighted by molar-refractivity contribution is 0.0414. The van der Waals surface area contributed by atoms with Crippen LogP contribution >= 0.6 is 11.6 Å². The Morgan fingerprint density at radius 1 is 1.44 bits per heavy atom. The van der Waals surface area contributed by atoms with Crippen LogP contribution in [0.1, 0.15) is 30.9 Å². The lowest BCUT2D eigenvalue weighted by Gasteiger charge is -2.34. The molecular formula is C12H15ClFNO. The first-order chi connectivity index (χ1) is 7.59. The van der Waals surface area contributed by atoms with Gasteiger partial charge in [0.1, 0.15) is 5.82 Å². The minimum atomic E-state index is -0.586. The van der Waals surface area contributed by atoms with Gasteiger partial charge in [0.25, 0.3) is 0 Å². The highest BCUT2D eigenvalue weighted by molar-refractivity contribution is 6.31. The molecule has 0 saturated heterocycles. The fourth-order valence-electron chi connectivity index (χ4n) is 2.03. The van der Waals surface area contributed by atoms with E-state index in [1.54, 1.807) is 6.07 Å². The average Bonchev–Trinajstić information content (AvgIpc) is 2.14. The summed E-state index contributed by atoms with van der Waals surface area (Å²) >= 11 is 5.90. The van der Waals surface area contributed by atoms with Crippen LogP contribution in [0, 0.1) is 11.7 Å². The van der Waals surface area contributed by atoms with E-state index in [0.717, 1.165) is 19.3 Å². The van der Waals surface area contributed by atoms with Gasteiger partial charge in [0, 0.05) is 5.02 Å². The molecule has 0 unspecified atom stereocenters. The second-order valence-corrected chi connectivity index (χ2v) is 4.78. The molecule has 2 atom stereocenters. The van der Waals surface area contributed by atoms with Crippen molar-refractivity contribution in [1.82, 2.24) is 0 Å². The van der Waals surface area contributed by atoms with Crippen LogP contribution in [0.15, 0.2) is 18.2 Å². The molecule has 1 aliphatic carbocycles. The smallest absolute Gasteiger partial charge is 0.124 e. The first-order valence-electron chi connectivity index (χ1n) is 5.48. The van der Waals surface area contributed by atoms with Crippen LogP contribution in [0.2, 0.25) is 5.02 Å². The second-order valence-electron chi connectivity index (χ2n) is 4.37. The molecule has 2 nitrogen and oxygen atoms in total. The summed E-state index contributed by atoms with van der Waals surface area (Å²) in [5, 5.41) is 10.3. The van der Waals surface area contributed by atoms with E-state index in [9.17, 15) is 9.50 Å². The second kappa shape index (κ2) is 4.70. The van der Waals surface area contributed by atoms with Crippen molar-refractivity contribution in [1.29, 1.82) is 0 Å². The number of benzene rings is 1. The maximum absolute atomic E-state index is 12.9. The maximum Gasteiger partial charge on any atom is 0.124 e. The van der Waals surface area contributed by atoms with E-state index in [2.05, 4.69) is 0 Å². The SMILES string of the molecule is N[C@H](c1ccc(F)cc1Cl)[C@@H](O)C1CCC1. The average molecular weight is 244 g/mol. The summed E-state index contributed by atoms with van der Waals surface area (Å²) < 4.78 is 12.9. The molecule has 0 heterocycles. The Bertz CT molecular complexity index is 381. The predicted molar refractivity (Wildman–Crippen MR) is 61.7 cm³/mol. The number of nitrogens with two attached hydrogens (primary N) is 1. The first-order valence-corrected chi connectivity index (χ1v) is 5.86. The van der Waals surface area contributed by atoms with Gasteiger partial charge in [-0.25, -0.2) is 4.39 Å². The van der Waals surface area contributed by atoms with Gasteiger partial charge in [-0.1, -0.05) is 24.1 Å². The number of aliphatic hydroxyl groups excluding tert-OH is 1. The van der Waals surface area contributed by atoms with Gasteiger partial charge >= 0.3 is 0 Å². The zero-order valence-electron chi connectivity index (χ0n) is 8.87. The summed E-state index contributed by atoms with van der Waals surface area (Å²) in [5.41, 5.74) is 6.56. The van der Waals surface area contributed by atoms with E-state index in [-0.39, 0.29) is 16.8 Å². The highest BCUT2D eigenvalue weighted by Gasteiger charge is 2.31. The van der Waals surface area contributed by atoms with Crippen molar-refractivity contribution >= 4 is 11.6 Å². The summed E-state index contributed by atoms with van der Waals surface area (Å²) in [4.78, 5) is 0. The van der Waals surface area contributed by atoms with Gasteiger partial charge in [0.2, 0.25) is 0 Å². The summed E-state index contributed by atoms with van der Waals surface area (Å²) in [6.07, 6.45) is 2.57. The highest BCUT2D eigenvalue weighted by atomic mass is 35.5. The van der Waals surface area contributed by atoms with Crippen LogP contribution in [0.25, 0.3) is 0 Å². The Kier molecular flexibility index (Phi) is 3.47. The van der Waals surface area contributed by atoms with Crippen LogP contribution in [-0.4, -0.2) is 11.2 Å². The Labute approximate surface area is 99.2 Å². The normalized spacial score (nSPS) is 20.2. The molecule has 0 radical (unpaired) electrons. The summed E-state index contributed by atoms with van der Waals surface area (Å²) in [7, 11) is 0. The molecule has 0 spiro atoms. The van der Waals surface area contributed by atoms with Gasteiger partial charge in [0.05, 0.1) is 12.1 Å². The monoisotopic (exact) mass is 243 g/mol. The highest BCUT2D eigenvalue weighted by Crippen LogP contribution is 2.35. The Morgan fingerprint density at radius 2 is 2.12 bits per heavy atom. The van der Waals surface area contributed by atoms with Crippen molar-refractivity contribution in [3.05, 3.63) is 34.6 Å². The van der Waals surface area contributed by atoms with Crippen LogP contribution < -0.4 is 5.73 Å². The van der Waals surface area contributed by atoms with Crippen LogP contribution in [0.3, 0.4) is 0 Å². The third-order valence-electron chi connectivity index (χ3n) is 3.32. The molecule has 0 amide bonds. The standard InChI is InChI=1S/C12H15ClFNO/c13-10-6-8(14)4-5-9(10)11(15)12(16)7-2-1-3-7/h4-7,11-12,16H,1-3,15H2/t11-,12+/m1/s1. The van der Waals surface area contributed by atoms with E-state index in [1.165, 1.54) is 12.1 Å². The number of hydrogen-bond acceptors (Lipinski definition) is 2. The van der Waals surface area contributed by atoms with Crippen molar-refractivity contribution in [3.63, 3.8) is 0 Å². The quantitative estimate of drug-likeness (QED) is 0.857. The maximum atomic E-state index is 12.9. The molecule has 3 N–H and O–H groups in total. The number of aliphatic hydroxyl groups is 1. The lowest BCUT2D eigenvalue weighted by atomic mass is 9.77. The molecule has 1 aliphatic rings. The zero-order valence-corrected chi connectivity index (χ0v) is 9.62. The Hall–Kier alpha value is -0.640. The third-order valence-corrected chi connectivity index (χ3v) is 3.65. The molecule has 1 fully saturated rings. The minimum absolute atomic E-state index is 0.260. The van der Waals surface area contributed by atoms with Gasteiger partial charge in [-0.05, 0) is 36.5 Å². The van der Waals surface area contributed by atoms with E-state index in [1.807, 2.05) is 0 Å². The van der Waals surface area contributed by atoms with Gasteiger partial charge in [-0.15, -0.1) is 0 Å². The molecule has 1 aromatic carbocycles. The minimum Gasteiger partial charge on any atom is -0.391 e. The lowest BCUT2D eigenvalue weighted by Crippen LogP contribution is -2.36. The number of halogens is 2. The van der Waals surface area contributed by atoms with Gasteiger partial charge in [0.15, 0.2) is 0 Å². The summed E-state index contributed by atoms with van der Waals surface area (Å²) in [6, 6.07) is 3.56. The zero-order chi connectivity index (χ0) is 11.7. The third kappa shape index (κ3) is 2.21. The summed E-state index contributed by atoms with van der Waals surface area (Å²) in [6.45, 7) is 0. The Balaban J connectivity index is 2.15. The number of rotatable bonds is 3. The van der Waals surface area contributed by atoms with Crippen molar-refractivity contribution in [2.24, 2.45) is 11.7 Å². The molecule has 0 aliphatic heterocycles. The van der Waals surface area contributed by atoms with Crippen LogP contribution in [-0.2, 0) is 0 Å². The Morgan fingerprint density at radius 3 is 2.62 bits per heavy atom. The van der Waals surface area contributed by atoms with Crippen molar-refractivity contribution in [2.45, 2.75) is 31.4 Å². The van der Waals surface area contributed by atoms with Crippen molar-refractivity contribution in [3.8, 4) is 0 Å². The fraction of sp³-hybridized carbons (Fsp3) is 0.500. The molecule has 88 valence electrons. The molecule has 4 heteroatoms. The number of hydrogen-bond donors (Lipinski definition) is 2. The van der Waals surface area contributed by atoms with Gasteiger partial charge in [-0.2, -0.15) is 0 Å². The molecule has 0 bridgehead atoms. The fourth-order valence-corrected chi connectivity index (χ4v) is 2.32. The van der Waals surface area contributed by atoms with Crippen LogP contribution in [0.4, 0.5) is 4.39 Å². The first kappa shape index (κ1) is 11.8. The van der Waals surface area contributed by atoms with Crippen LogP contribution in [0.5, 0.6) is 0 Å². The van der Waals surface area contributed by atoms with Gasteiger partial charge in [-0.3, -0.25) is 0 Å². The van der Waals surface area contributed by atoms with E-state index >= 15 is 0 Å². The van der Waals surface area contributed by atoms with Crippen molar-refractivity contribution in [2.75, 3.05) is 0 Å². The van der Waals surface area contributed by atoms with E-state index in [0.29, 0.717) is 5.56 Å². The predicted octanol–water partition coefficient (Wildman–Crippen LogP) is 2.64. The topological polar surface area (TPSA) is 46.2 Å². The van der Waals surface area contributed by atoms with Gasteiger partial charge < -0.3 is 10.8 Å². The largest absolute Gasteiger partial charge is 0.391 e. The van der Waals surface area contributed by atoms with E-state index < -0.39 is 12.1 Å². The summed E-state index contributed by atoms with van der Waals surface area (Å²) in [5.74, 6) is -0.129. The van der Waals surface area contributed by atoms with E-state index in [4.69, 9.17) is 17.3 Å².